The van der Waals surface area contributed by atoms with E-state index in [-0.39, 0.29) is 18.1 Å². The Morgan fingerprint density at radius 2 is 2.13 bits per heavy atom. The molecule has 0 saturated carbocycles. The Hall–Kier alpha value is -1.14. The molecule has 5 nitrogen and oxygen atoms in total. The molecule has 0 spiro atoms. The topological polar surface area (TPSA) is 44.8 Å². The number of likely N-dealkylation sites (N-methyl/N-ethyl adjacent to an activating group) is 1. The summed E-state index contributed by atoms with van der Waals surface area (Å²) in [4.78, 5) is 16.5. The molecule has 1 saturated heterocycles. The average molecular weight is 340 g/mol. The van der Waals surface area contributed by atoms with Crippen LogP contribution in [0.5, 0.6) is 0 Å². The lowest BCUT2D eigenvalue weighted by Gasteiger charge is -2.33. The molecule has 1 N–H and O–H groups in total. The van der Waals surface area contributed by atoms with Crippen LogP contribution in [-0.2, 0) is 9.53 Å². The maximum Gasteiger partial charge on any atom is 0.234 e. The van der Waals surface area contributed by atoms with Crippen molar-refractivity contribution in [1.29, 1.82) is 0 Å². The lowest BCUT2D eigenvalue weighted by Crippen LogP contribution is -2.49. The number of morpholine rings is 1. The summed E-state index contributed by atoms with van der Waals surface area (Å²) in [6.45, 7) is 5.53. The number of carbonyl (C=O) groups excluding carboxylic acids is 1. The molecule has 1 heterocycles. The predicted octanol–water partition coefficient (Wildman–Crippen LogP) is 1.78. The summed E-state index contributed by atoms with van der Waals surface area (Å²) < 4.78 is 5.73. The number of nitrogens with one attached hydrogen (secondary N) is 1. The summed E-state index contributed by atoms with van der Waals surface area (Å²) >= 11 is 5.89. The van der Waals surface area contributed by atoms with Crippen molar-refractivity contribution in [3.05, 3.63) is 34.9 Å². The van der Waals surface area contributed by atoms with Gasteiger partial charge in [-0.05, 0) is 38.7 Å². The molecule has 0 aliphatic carbocycles. The van der Waals surface area contributed by atoms with Crippen molar-refractivity contribution in [2.75, 3.05) is 46.9 Å². The van der Waals surface area contributed by atoms with Crippen LogP contribution in [0, 0.1) is 0 Å². The van der Waals surface area contributed by atoms with E-state index in [1.54, 1.807) is 0 Å². The normalized spacial score (nSPS) is 20.5. The minimum atomic E-state index is -0.0293. The maximum atomic E-state index is 12.3. The third-order valence-electron chi connectivity index (χ3n) is 3.91. The molecule has 1 aromatic carbocycles. The van der Waals surface area contributed by atoms with E-state index in [2.05, 4.69) is 15.1 Å². The van der Waals surface area contributed by atoms with Crippen LogP contribution in [0.4, 0.5) is 0 Å². The monoisotopic (exact) mass is 339 g/mol. The van der Waals surface area contributed by atoms with E-state index in [4.69, 9.17) is 16.3 Å². The number of amides is 1. The number of nitrogens with zero attached hydrogens (tertiary/aromatic N) is 2. The highest BCUT2D eigenvalue weighted by molar-refractivity contribution is 6.30. The quantitative estimate of drug-likeness (QED) is 0.858. The summed E-state index contributed by atoms with van der Waals surface area (Å²) in [5.74, 6) is 0.0398. The first-order valence-electron chi connectivity index (χ1n) is 7.97. The summed E-state index contributed by atoms with van der Waals surface area (Å²) in [6.07, 6.45) is 0.167. The molecular formula is C17H26ClN3O2. The molecule has 6 heteroatoms. The largest absolute Gasteiger partial charge is 0.374 e. The zero-order valence-corrected chi connectivity index (χ0v) is 14.8. The fourth-order valence-corrected chi connectivity index (χ4v) is 2.89. The van der Waals surface area contributed by atoms with Crippen LogP contribution in [0.25, 0.3) is 0 Å². The van der Waals surface area contributed by atoms with Gasteiger partial charge in [0.2, 0.25) is 5.91 Å². The van der Waals surface area contributed by atoms with Crippen LogP contribution in [0.3, 0.4) is 0 Å². The summed E-state index contributed by atoms with van der Waals surface area (Å²) in [5.41, 5.74) is 1.05. The van der Waals surface area contributed by atoms with Crippen LogP contribution >= 0.6 is 11.6 Å². The Kier molecular flexibility index (Phi) is 6.84. The summed E-state index contributed by atoms with van der Waals surface area (Å²) in [5, 5.41) is 3.75. The van der Waals surface area contributed by atoms with Crippen LogP contribution < -0.4 is 5.32 Å². The SMILES string of the molecule is C[C@@H](NC(=O)CN1CCO[C@@H](CN(C)C)C1)c1ccc(Cl)cc1. The summed E-state index contributed by atoms with van der Waals surface area (Å²) in [7, 11) is 4.06. The van der Waals surface area contributed by atoms with Gasteiger partial charge in [0.1, 0.15) is 0 Å². The summed E-state index contributed by atoms with van der Waals surface area (Å²) in [6, 6.07) is 7.53. The fraction of sp³-hybridized carbons (Fsp3) is 0.588. The lowest BCUT2D eigenvalue weighted by molar-refractivity contribution is -0.125. The van der Waals surface area contributed by atoms with Crippen molar-refractivity contribution in [3.8, 4) is 0 Å². The number of halogens is 1. The van der Waals surface area contributed by atoms with Gasteiger partial charge in [0, 0.05) is 24.7 Å². The van der Waals surface area contributed by atoms with E-state index in [9.17, 15) is 4.79 Å². The third kappa shape index (κ3) is 6.11. The average Bonchev–Trinajstić information content (AvgIpc) is 2.47. The highest BCUT2D eigenvalue weighted by Crippen LogP contribution is 2.16. The van der Waals surface area contributed by atoms with Crippen molar-refractivity contribution < 1.29 is 9.53 Å². The number of ether oxygens (including phenoxy) is 1. The molecule has 128 valence electrons. The molecule has 0 bridgehead atoms. The number of carbonyl (C=O) groups is 1. The van der Waals surface area contributed by atoms with Crippen molar-refractivity contribution >= 4 is 17.5 Å². The van der Waals surface area contributed by atoms with E-state index in [0.29, 0.717) is 18.2 Å². The van der Waals surface area contributed by atoms with E-state index < -0.39 is 0 Å². The minimum Gasteiger partial charge on any atom is -0.374 e. The van der Waals surface area contributed by atoms with E-state index in [1.165, 1.54) is 0 Å². The second kappa shape index (κ2) is 8.64. The Balaban J connectivity index is 1.80. The Labute approximate surface area is 143 Å². The molecule has 2 rings (SSSR count). The number of hydrogen-bond acceptors (Lipinski definition) is 4. The van der Waals surface area contributed by atoms with Gasteiger partial charge in [0.25, 0.3) is 0 Å². The second-order valence-corrected chi connectivity index (χ2v) is 6.77. The van der Waals surface area contributed by atoms with Gasteiger partial charge in [-0.2, -0.15) is 0 Å². The highest BCUT2D eigenvalue weighted by atomic mass is 35.5. The number of hydrogen-bond donors (Lipinski definition) is 1. The van der Waals surface area contributed by atoms with E-state index in [1.807, 2.05) is 45.3 Å². The molecule has 0 radical (unpaired) electrons. The van der Waals surface area contributed by atoms with E-state index in [0.717, 1.165) is 25.2 Å². The second-order valence-electron chi connectivity index (χ2n) is 6.33. The highest BCUT2D eigenvalue weighted by Gasteiger charge is 2.23. The number of rotatable bonds is 6. The predicted molar refractivity (Wildman–Crippen MR) is 92.7 cm³/mol. The molecule has 1 aliphatic heterocycles. The van der Waals surface area contributed by atoms with Gasteiger partial charge in [-0.1, -0.05) is 23.7 Å². The van der Waals surface area contributed by atoms with Gasteiger partial charge in [-0.25, -0.2) is 0 Å². The number of benzene rings is 1. The standard InChI is InChI=1S/C17H26ClN3O2/c1-13(14-4-6-15(18)7-5-14)19-17(22)12-21-8-9-23-16(11-21)10-20(2)3/h4-7,13,16H,8-12H2,1-3H3,(H,19,22)/t13-,16+/m1/s1. The van der Waals surface area contributed by atoms with Crippen molar-refractivity contribution in [3.63, 3.8) is 0 Å². The van der Waals surface area contributed by atoms with Crippen molar-refractivity contribution in [2.45, 2.75) is 19.1 Å². The molecule has 2 atom stereocenters. The van der Waals surface area contributed by atoms with Crippen LogP contribution in [0.15, 0.2) is 24.3 Å². The van der Waals surface area contributed by atoms with Gasteiger partial charge in [-0.3, -0.25) is 9.69 Å². The van der Waals surface area contributed by atoms with Crippen LogP contribution in [0.1, 0.15) is 18.5 Å². The molecule has 1 aliphatic rings. The van der Waals surface area contributed by atoms with Crippen molar-refractivity contribution in [1.82, 2.24) is 15.1 Å². The molecule has 1 amide bonds. The molecule has 0 unspecified atom stereocenters. The lowest BCUT2D eigenvalue weighted by atomic mass is 10.1. The Bertz CT molecular complexity index is 507. The van der Waals surface area contributed by atoms with Gasteiger partial charge in [-0.15, -0.1) is 0 Å². The molecule has 0 aromatic heterocycles. The van der Waals surface area contributed by atoms with Gasteiger partial charge >= 0.3 is 0 Å². The first-order valence-corrected chi connectivity index (χ1v) is 8.35. The first-order chi connectivity index (χ1) is 10.9. The Morgan fingerprint density at radius 3 is 2.78 bits per heavy atom. The molecule has 23 heavy (non-hydrogen) atoms. The third-order valence-corrected chi connectivity index (χ3v) is 4.16. The van der Waals surface area contributed by atoms with Gasteiger partial charge < -0.3 is 15.0 Å². The molecule has 1 aromatic rings. The fourth-order valence-electron chi connectivity index (χ4n) is 2.77. The molecular weight excluding hydrogens is 314 g/mol. The maximum absolute atomic E-state index is 12.3. The molecule has 1 fully saturated rings. The minimum absolute atomic E-state index is 0.0293. The first kappa shape index (κ1) is 18.2. The van der Waals surface area contributed by atoms with Crippen molar-refractivity contribution in [2.24, 2.45) is 0 Å². The zero-order chi connectivity index (χ0) is 16.8. The Morgan fingerprint density at radius 1 is 1.43 bits per heavy atom. The zero-order valence-electron chi connectivity index (χ0n) is 14.1. The smallest absolute Gasteiger partial charge is 0.234 e. The van der Waals surface area contributed by atoms with Crippen LogP contribution in [-0.4, -0.2) is 68.7 Å². The van der Waals surface area contributed by atoms with Gasteiger partial charge in [0.05, 0.1) is 25.3 Å². The van der Waals surface area contributed by atoms with Crippen LogP contribution in [0.2, 0.25) is 5.02 Å². The van der Waals surface area contributed by atoms with Gasteiger partial charge in [0.15, 0.2) is 0 Å². The van der Waals surface area contributed by atoms with E-state index >= 15 is 0 Å².